The van der Waals surface area contributed by atoms with Crippen molar-refractivity contribution in [1.29, 1.82) is 0 Å². The first-order valence-corrected chi connectivity index (χ1v) is 9.39. The number of carbonyl (C=O) groups excluding carboxylic acids is 3. The van der Waals surface area contributed by atoms with E-state index in [1.54, 1.807) is 67.7 Å². The molecule has 29 heavy (non-hydrogen) atoms. The van der Waals surface area contributed by atoms with Gasteiger partial charge in [0.25, 0.3) is 0 Å². The molecule has 1 aliphatic rings. The maximum Gasteiger partial charge on any atom is 0.242 e. The lowest BCUT2D eigenvalue weighted by Crippen LogP contribution is -2.46. The fraction of sp³-hybridized carbons (Fsp3) is 0.333. The average molecular weight is 396 g/mol. The van der Waals surface area contributed by atoms with Gasteiger partial charge in [0.15, 0.2) is 0 Å². The summed E-state index contributed by atoms with van der Waals surface area (Å²) in [6, 6.07) is 10.0. The Labute approximate surface area is 169 Å². The molecule has 3 amide bonds. The summed E-state index contributed by atoms with van der Waals surface area (Å²) in [5.74, 6) is -0.515. The van der Waals surface area contributed by atoms with Gasteiger partial charge in [-0.2, -0.15) is 0 Å². The summed E-state index contributed by atoms with van der Waals surface area (Å²) < 4.78 is 5.12. The number of aromatic nitrogens is 1. The minimum absolute atomic E-state index is 0.114. The van der Waals surface area contributed by atoms with Crippen LogP contribution in [-0.2, 0) is 20.9 Å². The van der Waals surface area contributed by atoms with Crippen molar-refractivity contribution in [3.8, 4) is 5.75 Å². The highest BCUT2D eigenvalue weighted by atomic mass is 16.5. The summed E-state index contributed by atoms with van der Waals surface area (Å²) >= 11 is 0. The Hall–Kier alpha value is -3.42. The lowest BCUT2D eigenvalue weighted by atomic mass is 10.1. The molecule has 0 bridgehead atoms. The largest absolute Gasteiger partial charge is 0.497 e. The zero-order valence-electron chi connectivity index (χ0n) is 16.4. The van der Waals surface area contributed by atoms with Crippen LogP contribution in [0.3, 0.4) is 0 Å². The molecule has 8 nitrogen and oxygen atoms in total. The molecular weight excluding hydrogens is 372 g/mol. The van der Waals surface area contributed by atoms with Crippen molar-refractivity contribution in [2.75, 3.05) is 18.6 Å². The summed E-state index contributed by atoms with van der Waals surface area (Å²) in [6.45, 7) is 2.26. The average Bonchev–Trinajstić information content (AvgIpc) is 3.14. The predicted octanol–water partition coefficient (Wildman–Crippen LogP) is 1.26. The second-order valence-corrected chi connectivity index (χ2v) is 6.91. The first-order chi connectivity index (χ1) is 14.0. The fourth-order valence-corrected chi connectivity index (χ4v) is 3.13. The first kappa shape index (κ1) is 20.3. The van der Waals surface area contributed by atoms with Crippen LogP contribution in [-0.4, -0.2) is 42.4 Å². The third-order valence-corrected chi connectivity index (χ3v) is 4.85. The van der Waals surface area contributed by atoms with Crippen LogP contribution >= 0.6 is 0 Å². The highest BCUT2D eigenvalue weighted by molar-refractivity contribution is 6.01. The molecule has 2 heterocycles. The molecule has 1 saturated heterocycles. The van der Waals surface area contributed by atoms with Gasteiger partial charge < -0.3 is 20.3 Å². The number of nitrogens with zero attached hydrogens (tertiary/aromatic N) is 2. The number of pyridine rings is 1. The van der Waals surface area contributed by atoms with Gasteiger partial charge >= 0.3 is 0 Å². The SMILES string of the molecule is COc1ccc(N2CC(C(=O)NC(C)C(=O)NCc3ccncc3)CC2=O)cc1. The number of amides is 3. The van der Waals surface area contributed by atoms with Gasteiger partial charge in [0.2, 0.25) is 17.7 Å². The van der Waals surface area contributed by atoms with Gasteiger partial charge in [-0.05, 0) is 48.9 Å². The first-order valence-electron chi connectivity index (χ1n) is 9.39. The maximum atomic E-state index is 12.6. The van der Waals surface area contributed by atoms with Gasteiger partial charge in [0.05, 0.1) is 13.0 Å². The second-order valence-electron chi connectivity index (χ2n) is 6.91. The van der Waals surface area contributed by atoms with Crippen LogP contribution < -0.4 is 20.3 Å². The van der Waals surface area contributed by atoms with Crippen LogP contribution in [0.1, 0.15) is 18.9 Å². The number of nitrogens with one attached hydrogen (secondary N) is 2. The molecule has 0 aliphatic carbocycles. The van der Waals surface area contributed by atoms with Gasteiger partial charge in [0, 0.05) is 37.6 Å². The van der Waals surface area contributed by atoms with Gasteiger partial charge in [-0.25, -0.2) is 0 Å². The molecule has 2 unspecified atom stereocenters. The highest BCUT2D eigenvalue weighted by Crippen LogP contribution is 2.27. The van der Waals surface area contributed by atoms with E-state index in [1.807, 2.05) is 0 Å². The summed E-state index contributed by atoms with van der Waals surface area (Å²) in [5, 5.41) is 5.48. The van der Waals surface area contributed by atoms with Crippen LogP contribution in [0.25, 0.3) is 0 Å². The van der Waals surface area contributed by atoms with Crippen LogP contribution in [0, 0.1) is 5.92 Å². The van der Waals surface area contributed by atoms with Gasteiger partial charge in [-0.15, -0.1) is 0 Å². The van der Waals surface area contributed by atoms with Crippen molar-refractivity contribution in [3.05, 3.63) is 54.4 Å². The molecule has 152 valence electrons. The maximum absolute atomic E-state index is 12.6. The third kappa shape index (κ3) is 5.10. The number of ether oxygens (including phenoxy) is 1. The van der Waals surface area contributed by atoms with Crippen LogP contribution in [0.5, 0.6) is 5.75 Å². The molecule has 0 saturated carbocycles. The van der Waals surface area contributed by atoms with Crippen molar-refractivity contribution in [3.63, 3.8) is 0 Å². The number of anilines is 1. The van der Waals surface area contributed by atoms with Crippen molar-refractivity contribution in [2.24, 2.45) is 5.92 Å². The van der Waals surface area contributed by atoms with E-state index in [4.69, 9.17) is 4.74 Å². The molecular formula is C21H24N4O4. The summed E-state index contributed by atoms with van der Waals surface area (Å²) in [6.07, 6.45) is 3.42. The zero-order valence-corrected chi connectivity index (χ0v) is 16.4. The number of methoxy groups -OCH3 is 1. The Bertz CT molecular complexity index is 870. The minimum atomic E-state index is -0.700. The van der Waals surface area contributed by atoms with E-state index in [0.29, 0.717) is 18.0 Å². The van der Waals surface area contributed by atoms with Crippen LogP contribution in [0.15, 0.2) is 48.8 Å². The number of rotatable bonds is 7. The number of hydrogen-bond donors (Lipinski definition) is 2. The van der Waals surface area contributed by atoms with E-state index in [2.05, 4.69) is 15.6 Å². The topological polar surface area (TPSA) is 101 Å². The summed E-state index contributed by atoms with van der Waals surface area (Å²) in [7, 11) is 1.57. The summed E-state index contributed by atoms with van der Waals surface area (Å²) in [4.78, 5) is 42.7. The lowest BCUT2D eigenvalue weighted by Gasteiger charge is -2.18. The second kappa shape index (κ2) is 9.18. The molecule has 2 N–H and O–H groups in total. The normalized spacial score (nSPS) is 17.0. The molecule has 1 fully saturated rings. The Morgan fingerprint density at radius 1 is 1.21 bits per heavy atom. The quantitative estimate of drug-likeness (QED) is 0.734. The number of hydrogen-bond acceptors (Lipinski definition) is 5. The zero-order chi connectivity index (χ0) is 20.8. The molecule has 0 radical (unpaired) electrons. The Balaban J connectivity index is 1.52. The molecule has 3 rings (SSSR count). The van der Waals surface area contributed by atoms with Gasteiger partial charge in [-0.1, -0.05) is 0 Å². The standard InChI is InChI=1S/C21H24N4O4/c1-14(20(27)23-12-15-7-9-22-10-8-15)24-21(28)16-11-19(26)25(13-16)17-3-5-18(29-2)6-4-17/h3-10,14,16H,11-13H2,1-2H3,(H,23,27)(H,24,28). The molecule has 1 aliphatic heterocycles. The smallest absolute Gasteiger partial charge is 0.242 e. The molecule has 1 aromatic heterocycles. The Morgan fingerprint density at radius 2 is 1.90 bits per heavy atom. The van der Waals surface area contributed by atoms with E-state index < -0.39 is 12.0 Å². The molecule has 8 heteroatoms. The van der Waals surface area contributed by atoms with E-state index in [-0.39, 0.29) is 30.7 Å². The van der Waals surface area contributed by atoms with E-state index in [9.17, 15) is 14.4 Å². The number of benzene rings is 1. The minimum Gasteiger partial charge on any atom is -0.497 e. The monoisotopic (exact) mass is 396 g/mol. The molecule has 2 aromatic rings. The van der Waals surface area contributed by atoms with Gasteiger partial charge in [0.1, 0.15) is 11.8 Å². The van der Waals surface area contributed by atoms with Crippen LogP contribution in [0.2, 0.25) is 0 Å². The molecule has 1 aromatic carbocycles. The fourth-order valence-electron chi connectivity index (χ4n) is 3.13. The van der Waals surface area contributed by atoms with Gasteiger partial charge in [-0.3, -0.25) is 19.4 Å². The predicted molar refractivity (Wildman–Crippen MR) is 107 cm³/mol. The van der Waals surface area contributed by atoms with Crippen molar-refractivity contribution in [1.82, 2.24) is 15.6 Å². The van der Waals surface area contributed by atoms with E-state index in [0.717, 1.165) is 5.56 Å². The van der Waals surface area contributed by atoms with Crippen LogP contribution in [0.4, 0.5) is 5.69 Å². The van der Waals surface area contributed by atoms with Crippen molar-refractivity contribution < 1.29 is 19.1 Å². The lowest BCUT2D eigenvalue weighted by molar-refractivity contribution is -0.131. The number of carbonyl (C=O) groups is 3. The van der Waals surface area contributed by atoms with E-state index in [1.165, 1.54) is 0 Å². The Kier molecular flexibility index (Phi) is 6.43. The van der Waals surface area contributed by atoms with E-state index >= 15 is 0 Å². The third-order valence-electron chi connectivity index (χ3n) is 4.85. The van der Waals surface area contributed by atoms with Crippen molar-refractivity contribution >= 4 is 23.4 Å². The Morgan fingerprint density at radius 3 is 2.55 bits per heavy atom. The van der Waals surface area contributed by atoms with Crippen molar-refractivity contribution in [2.45, 2.75) is 25.9 Å². The highest BCUT2D eigenvalue weighted by Gasteiger charge is 2.36. The summed E-state index contributed by atoms with van der Waals surface area (Å²) in [5.41, 5.74) is 1.64. The molecule has 2 atom stereocenters. The molecule has 0 spiro atoms.